The Morgan fingerprint density at radius 2 is 0.286 bits per heavy atom. The van der Waals surface area contributed by atoms with Crippen LogP contribution in [0.15, 0.2) is 0 Å². The minimum Gasteiger partial charge on any atom is -0.854 e. The molecule has 0 aliphatic rings. The molecule has 0 rings (SSSR count). The van der Waals surface area contributed by atoms with Crippen molar-refractivity contribution >= 4 is 0 Å². The first-order chi connectivity index (χ1) is 16.9. The van der Waals surface area contributed by atoms with E-state index in [4.69, 9.17) is 0 Å². The number of rotatable bonds is 14. The molecule has 7 nitrogen and oxygen atoms in total. The molecule has 0 bridgehead atoms. The Labute approximate surface area is 563 Å². The molecule has 224 valence electrons. The van der Waals surface area contributed by atoms with E-state index in [1.165, 1.54) is 0 Å². The maximum absolute atomic E-state index is 9.53. The Kier molecular flexibility index (Phi) is 296. The molecule has 0 radical (unpaired) electrons. The van der Waals surface area contributed by atoms with Crippen molar-refractivity contribution in [2.45, 2.75) is 138 Å². The summed E-state index contributed by atoms with van der Waals surface area (Å²) in [5.74, 6) is 0. The van der Waals surface area contributed by atoms with Crippen molar-refractivity contribution in [3.8, 4) is 0 Å². The summed E-state index contributed by atoms with van der Waals surface area (Å²) in [6.45, 7) is 14.7. The van der Waals surface area contributed by atoms with E-state index < -0.39 is 0 Å². The zero-order chi connectivity index (χ0) is 28.8. The molecule has 0 N–H and O–H groups in total. The minimum atomic E-state index is 0. The summed E-state index contributed by atoms with van der Waals surface area (Å²) in [4.78, 5) is 0. The Morgan fingerprint density at radius 3 is 0.286 bits per heavy atom. The minimum absolute atomic E-state index is 0. The standard InChI is InChI=1S/7C4H9O.7K/c7*1-2-3-4-5;;;;;;;/h7*2-4H2,1H3;;;;;;;/q7*-1;7*+1. The number of unbranched alkanes of at least 4 members (excludes halogenated alkanes) is 7. The molecule has 0 atom stereocenters. The molecule has 14 heteroatoms. The Balaban J connectivity index is -0.0000000177. The van der Waals surface area contributed by atoms with Crippen molar-refractivity contribution in [3.05, 3.63) is 0 Å². The summed E-state index contributed by atoms with van der Waals surface area (Å²) >= 11 is 0. The molecule has 0 aromatic rings. The molecule has 0 heterocycles. The van der Waals surface area contributed by atoms with Crippen molar-refractivity contribution in [2.24, 2.45) is 0 Å². The average Bonchev–Trinajstić information content (AvgIpc) is 2.85. The SMILES string of the molecule is CCCC[O-].CCCC[O-].CCCC[O-].CCCC[O-].CCCC[O-].CCCC[O-].CCCC[O-].[K+].[K+].[K+].[K+].[K+].[K+].[K+]. The third-order valence-electron chi connectivity index (χ3n) is 3.49. The van der Waals surface area contributed by atoms with Gasteiger partial charge < -0.3 is 35.7 Å². The van der Waals surface area contributed by atoms with Crippen LogP contribution in [0.25, 0.3) is 0 Å². The predicted molar refractivity (Wildman–Crippen MR) is 138 cm³/mol. The van der Waals surface area contributed by atoms with Crippen LogP contribution in [-0.4, -0.2) is 46.2 Å². The van der Waals surface area contributed by atoms with Crippen molar-refractivity contribution in [1.29, 1.82) is 0 Å². The monoisotopic (exact) mass is 784 g/mol. The van der Waals surface area contributed by atoms with Gasteiger partial charge in [0.25, 0.3) is 0 Å². The first-order valence-corrected chi connectivity index (χ1v) is 14.0. The maximum Gasteiger partial charge on any atom is 1.00 e. The van der Waals surface area contributed by atoms with Crippen LogP contribution in [0.3, 0.4) is 0 Å². The van der Waals surface area contributed by atoms with E-state index in [-0.39, 0.29) is 406 Å². The van der Waals surface area contributed by atoms with Crippen LogP contribution in [0, 0.1) is 0 Å². The first-order valence-electron chi connectivity index (χ1n) is 14.0. The molecule has 0 aromatic carbocycles. The summed E-state index contributed by atoms with van der Waals surface area (Å²) in [5, 5.41) is 66.7. The fraction of sp³-hybridized carbons (Fsp3) is 1.00. The summed E-state index contributed by atoms with van der Waals surface area (Å²) in [5.41, 5.74) is 0. The Morgan fingerprint density at radius 1 is 0.214 bits per heavy atom. The zero-order valence-corrected chi connectivity index (χ0v) is 53.6. The van der Waals surface area contributed by atoms with E-state index in [0.717, 1.165) is 89.9 Å². The maximum atomic E-state index is 9.53. The number of hydrogen-bond acceptors (Lipinski definition) is 7. The van der Waals surface area contributed by atoms with Crippen molar-refractivity contribution in [2.75, 3.05) is 46.2 Å². The number of hydrogen-bond donors (Lipinski definition) is 0. The van der Waals surface area contributed by atoms with Gasteiger partial charge in [-0.15, -0.1) is 46.2 Å². The molecule has 0 aromatic heterocycles. The van der Waals surface area contributed by atoms with E-state index in [2.05, 4.69) is 0 Å². The van der Waals surface area contributed by atoms with E-state index in [9.17, 15) is 35.7 Å². The zero-order valence-electron chi connectivity index (χ0n) is 31.7. The van der Waals surface area contributed by atoms with E-state index in [1.54, 1.807) is 0 Å². The van der Waals surface area contributed by atoms with Gasteiger partial charge >= 0.3 is 360 Å². The molecular weight excluding hydrogens is 722 g/mol. The largest absolute Gasteiger partial charge is 1.00 e. The molecule has 0 amide bonds. The summed E-state index contributed by atoms with van der Waals surface area (Å²) in [6.07, 6.45) is 13.1. The normalized spacial score (nSPS) is 7.00. The van der Waals surface area contributed by atoms with Crippen LogP contribution < -0.4 is 395 Å². The van der Waals surface area contributed by atoms with Crippen LogP contribution in [0.5, 0.6) is 0 Å². The van der Waals surface area contributed by atoms with E-state index >= 15 is 0 Å². The Hall–Kier alpha value is 11.2. The van der Waals surface area contributed by atoms with Gasteiger partial charge in [-0.05, 0) is 0 Å². The molecule has 0 aliphatic carbocycles. The third-order valence-corrected chi connectivity index (χ3v) is 3.49. The van der Waals surface area contributed by atoms with Gasteiger partial charge in [0.05, 0.1) is 0 Å². The summed E-state index contributed by atoms with van der Waals surface area (Å²) in [6, 6.07) is 0. The topological polar surface area (TPSA) is 161 Å². The summed E-state index contributed by atoms with van der Waals surface area (Å²) < 4.78 is 0. The van der Waals surface area contributed by atoms with Crippen LogP contribution in [0.4, 0.5) is 0 Å². The molecule has 0 saturated heterocycles. The van der Waals surface area contributed by atoms with Crippen LogP contribution in [-0.2, 0) is 0 Å². The van der Waals surface area contributed by atoms with Gasteiger partial charge in [-0.1, -0.05) is 138 Å². The fourth-order valence-electron chi connectivity index (χ4n) is 1.01. The van der Waals surface area contributed by atoms with Crippen LogP contribution in [0.1, 0.15) is 138 Å². The molecule has 0 saturated carbocycles. The quantitative estimate of drug-likeness (QED) is 0.158. The van der Waals surface area contributed by atoms with Crippen LogP contribution in [0.2, 0.25) is 0 Å². The molecule has 0 aliphatic heterocycles. The molecule has 0 spiro atoms. The van der Waals surface area contributed by atoms with Gasteiger partial charge in [0.15, 0.2) is 0 Å². The summed E-state index contributed by atoms with van der Waals surface area (Å²) in [7, 11) is 0. The van der Waals surface area contributed by atoms with Gasteiger partial charge in [0.1, 0.15) is 0 Å². The van der Waals surface area contributed by atoms with Gasteiger partial charge in [-0.3, -0.25) is 0 Å². The predicted octanol–water partition coefficient (Wildman–Crippen LogP) is -19.9. The third kappa shape index (κ3) is 203. The molecule has 0 fully saturated rings. The Bertz CT molecular complexity index is 164. The van der Waals surface area contributed by atoms with Crippen molar-refractivity contribution in [1.82, 2.24) is 0 Å². The molecule has 42 heavy (non-hydrogen) atoms. The van der Waals surface area contributed by atoms with Crippen LogP contribution >= 0.6 is 0 Å². The second-order valence-electron chi connectivity index (χ2n) is 7.40. The smallest absolute Gasteiger partial charge is 0.854 e. The second kappa shape index (κ2) is 132. The van der Waals surface area contributed by atoms with Gasteiger partial charge in [0.2, 0.25) is 0 Å². The molecular formula is C28H63K7O7. The van der Waals surface area contributed by atoms with Crippen molar-refractivity contribution < 1.29 is 395 Å². The van der Waals surface area contributed by atoms with E-state index in [1.807, 2.05) is 48.5 Å². The average molecular weight is 785 g/mol. The van der Waals surface area contributed by atoms with Crippen molar-refractivity contribution in [3.63, 3.8) is 0 Å². The first kappa shape index (κ1) is 94.3. The second-order valence-corrected chi connectivity index (χ2v) is 7.40. The molecule has 0 unspecified atom stereocenters. The van der Waals surface area contributed by atoms with E-state index in [0.29, 0.717) is 0 Å². The van der Waals surface area contributed by atoms with Gasteiger partial charge in [0, 0.05) is 0 Å². The van der Waals surface area contributed by atoms with Gasteiger partial charge in [-0.25, -0.2) is 0 Å². The van der Waals surface area contributed by atoms with Gasteiger partial charge in [-0.2, -0.15) is 0 Å². The fourth-order valence-corrected chi connectivity index (χ4v) is 1.01.